The maximum absolute atomic E-state index is 6.18. The lowest BCUT2D eigenvalue weighted by atomic mass is 9.96. The van der Waals surface area contributed by atoms with Crippen molar-refractivity contribution in [2.24, 2.45) is 0 Å². The Hall–Kier alpha value is -3.42. The second-order valence-electron chi connectivity index (χ2n) is 8.81. The van der Waals surface area contributed by atoms with Gasteiger partial charge in [-0.15, -0.1) is 0 Å². The van der Waals surface area contributed by atoms with Crippen molar-refractivity contribution < 1.29 is 9.15 Å². The first-order valence-corrected chi connectivity index (χ1v) is 11.5. The number of para-hydroxylation sites is 3. The summed E-state index contributed by atoms with van der Waals surface area (Å²) in [7, 11) is 2.17. The predicted octanol–water partition coefficient (Wildman–Crippen LogP) is 4.50. The van der Waals surface area contributed by atoms with Gasteiger partial charge in [0.2, 0.25) is 5.95 Å². The highest BCUT2D eigenvalue weighted by Crippen LogP contribution is 2.36. The molecule has 0 bridgehead atoms. The molecule has 0 radical (unpaired) electrons. The lowest BCUT2D eigenvalue weighted by Crippen LogP contribution is -2.44. The summed E-state index contributed by atoms with van der Waals surface area (Å²) in [5.74, 6) is 1.62. The predicted molar refractivity (Wildman–Crippen MR) is 130 cm³/mol. The Morgan fingerprint density at radius 2 is 1.76 bits per heavy atom. The molecule has 1 N–H and O–H groups in total. The summed E-state index contributed by atoms with van der Waals surface area (Å²) in [4.78, 5) is 14.4. The maximum Gasteiger partial charge on any atom is 0.227 e. The SMILES string of the molecule is CN1CCN(c2ccccc2Nc2ncc(C3COC3)c(-c3cc4ccccc4o3)n2)CC1. The Labute approximate surface area is 193 Å². The minimum Gasteiger partial charge on any atom is -0.454 e. The van der Waals surface area contributed by atoms with Crippen molar-refractivity contribution >= 4 is 28.3 Å². The van der Waals surface area contributed by atoms with Crippen LogP contribution < -0.4 is 10.2 Å². The van der Waals surface area contributed by atoms with Crippen LogP contribution in [0.2, 0.25) is 0 Å². The lowest BCUT2D eigenvalue weighted by Gasteiger charge is -2.35. The zero-order chi connectivity index (χ0) is 22.2. The molecule has 0 saturated carbocycles. The molecule has 33 heavy (non-hydrogen) atoms. The van der Waals surface area contributed by atoms with Gasteiger partial charge < -0.3 is 24.3 Å². The van der Waals surface area contributed by atoms with Crippen LogP contribution in [-0.2, 0) is 4.74 Å². The fourth-order valence-corrected chi connectivity index (χ4v) is 4.48. The average molecular weight is 442 g/mol. The van der Waals surface area contributed by atoms with Crippen LogP contribution in [0.25, 0.3) is 22.4 Å². The molecule has 0 aliphatic carbocycles. The smallest absolute Gasteiger partial charge is 0.227 e. The molecule has 2 aromatic carbocycles. The number of nitrogens with zero attached hydrogens (tertiary/aromatic N) is 4. The molecule has 7 nitrogen and oxygen atoms in total. The Bertz CT molecular complexity index is 1240. The van der Waals surface area contributed by atoms with Gasteiger partial charge in [-0.1, -0.05) is 30.3 Å². The first kappa shape index (κ1) is 20.2. The normalized spacial score (nSPS) is 17.3. The van der Waals surface area contributed by atoms with E-state index in [2.05, 4.69) is 57.5 Å². The third kappa shape index (κ3) is 3.94. The Morgan fingerprint density at radius 3 is 2.55 bits per heavy atom. The van der Waals surface area contributed by atoms with Crippen molar-refractivity contribution in [2.75, 3.05) is 56.7 Å². The quantitative estimate of drug-likeness (QED) is 0.489. The Morgan fingerprint density at radius 1 is 0.970 bits per heavy atom. The van der Waals surface area contributed by atoms with Gasteiger partial charge in [-0.05, 0) is 31.3 Å². The summed E-state index contributed by atoms with van der Waals surface area (Å²) in [5, 5.41) is 4.54. The second kappa shape index (κ2) is 8.50. The highest BCUT2D eigenvalue weighted by molar-refractivity contribution is 5.83. The van der Waals surface area contributed by atoms with Crippen LogP contribution in [-0.4, -0.2) is 61.3 Å². The van der Waals surface area contributed by atoms with Gasteiger partial charge in [-0.25, -0.2) is 9.97 Å². The molecule has 0 unspecified atom stereocenters. The molecule has 0 atom stereocenters. The van der Waals surface area contributed by atoms with E-state index in [9.17, 15) is 0 Å². The number of rotatable bonds is 5. The van der Waals surface area contributed by atoms with Gasteiger partial charge in [0.15, 0.2) is 5.76 Å². The van der Waals surface area contributed by atoms with Crippen LogP contribution in [0, 0.1) is 0 Å². The third-order valence-electron chi connectivity index (χ3n) is 6.55. The first-order chi connectivity index (χ1) is 16.2. The van der Waals surface area contributed by atoms with Crippen molar-refractivity contribution in [3.8, 4) is 11.5 Å². The number of aromatic nitrogens is 2. The van der Waals surface area contributed by atoms with E-state index >= 15 is 0 Å². The number of likely N-dealkylation sites (N-methyl/N-ethyl adjacent to an activating group) is 1. The molecule has 2 aromatic heterocycles. The number of piperazine rings is 1. The highest BCUT2D eigenvalue weighted by atomic mass is 16.5. The second-order valence-corrected chi connectivity index (χ2v) is 8.81. The Kier molecular flexibility index (Phi) is 5.20. The number of hydrogen-bond donors (Lipinski definition) is 1. The van der Waals surface area contributed by atoms with E-state index in [1.54, 1.807) is 0 Å². The van der Waals surface area contributed by atoms with E-state index in [1.165, 1.54) is 5.69 Å². The molecular weight excluding hydrogens is 414 g/mol. The number of fused-ring (bicyclic) bond motifs is 1. The van der Waals surface area contributed by atoms with Gasteiger partial charge in [0.25, 0.3) is 0 Å². The zero-order valence-corrected chi connectivity index (χ0v) is 18.7. The van der Waals surface area contributed by atoms with E-state index in [-0.39, 0.29) is 0 Å². The van der Waals surface area contributed by atoms with Crippen LogP contribution in [0.3, 0.4) is 0 Å². The number of hydrogen-bond acceptors (Lipinski definition) is 7. The molecule has 0 amide bonds. The summed E-state index contributed by atoms with van der Waals surface area (Å²) < 4.78 is 11.6. The van der Waals surface area contributed by atoms with Crippen molar-refractivity contribution in [1.29, 1.82) is 0 Å². The monoisotopic (exact) mass is 441 g/mol. The molecule has 2 aliphatic heterocycles. The van der Waals surface area contributed by atoms with E-state index in [1.807, 2.05) is 30.5 Å². The minimum absolute atomic E-state index is 0.292. The number of ether oxygens (including phenoxy) is 1. The highest BCUT2D eigenvalue weighted by Gasteiger charge is 2.27. The van der Waals surface area contributed by atoms with Gasteiger partial charge >= 0.3 is 0 Å². The van der Waals surface area contributed by atoms with E-state index < -0.39 is 0 Å². The van der Waals surface area contributed by atoms with Crippen molar-refractivity contribution in [1.82, 2.24) is 14.9 Å². The maximum atomic E-state index is 6.18. The van der Waals surface area contributed by atoms with E-state index in [0.717, 1.165) is 59.9 Å². The molecule has 0 spiro atoms. The zero-order valence-electron chi connectivity index (χ0n) is 18.7. The van der Waals surface area contributed by atoms with Gasteiger partial charge in [-0.3, -0.25) is 0 Å². The van der Waals surface area contributed by atoms with Gasteiger partial charge in [0, 0.05) is 49.2 Å². The summed E-state index contributed by atoms with van der Waals surface area (Å²) in [5.41, 5.74) is 4.94. The molecule has 6 rings (SSSR count). The fraction of sp³-hybridized carbons (Fsp3) is 0.308. The number of benzene rings is 2. The van der Waals surface area contributed by atoms with Crippen LogP contribution in [0.1, 0.15) is 11.5 Å². The first-order valence-electron chi connectivity index (χ1n) is 11.5. The van der Waals surface area contributed by atoms with Crippen molar-refractivity contribution in [3.05, 3.63) is 66.4 Å². The van der Waals surface area contributed by atoms with Gasteiger partial charge in [0.05, 0.1) is 24.6 Å². The molecule has 4 heterocycles. The van der Waals surface area contributed by atoms with Gasteiger partial charge in [0.1, 0.15) is 11.3 Å². The number of nitrogens with one attached hydrogen (secondary N) is 1. The lowest BCUT2D eigenvalue weighted by molar-refractivity contribution is 0.00836. The van der Waals surface area contributed by atoms with Crippen LogP contribution in [0.5, 0.6) is 0 Å². The topological polar surface area (TPSA) is 66.7 Å². The number of furan rings is 1. The van der Waals surface area contributed by atoms with E-state index in [4.69, 9.17) is 14.1 Å². The van der Waals surface area contributed by atoms with Crippen molar-refractivity contribution in [2.45, 2.75) is 5.92 Å². The van der Waals surface area contributed by atoms with Gasteiger partial charge in [-0.2, -0.15) is 0 Å². The molecule has 2 fully saturated rings. The third-order valence-corrected chi connectivity index (χ3v) is 6.55. The minimum atomic E-state index is 0.292. The van der Waals surface area contributed by atoms with Crippen LogP contribution in [0.15, 0.2) is 65.2 Å². The van der Waals surface area contributed by atoms with Crippen LogP contribution in [0.4, 0.5) is 17.3 Å². The largest absolute Gasteiger partial charge is 0.454 e. The van der Waals surface area contributed by atoms with Crippen LogP contribution >= 0.6 is 0 Å². The summed E-state index contributed by atoms with van der Waals surface area (Å²) >= 11 is 0. The molecule has 7 heteroatoms. The summed E-state index contributed by atoms with van der Waals surface area (Å²) in [6.07, 6.45) is 1.92. The fourth-order valence-electron chi connectivity index (χ4n) is 4.48. The summed E-state index contributed by atoms with van der Waals surface area (Å²) in [6.45, 7) is 5.49. The molecule has 2 aliphatic rings. The van der Waals surface area contributed by atoms with Crippen molar-refractivity contribution in [3.63, 3.8) is 0 Å². The van der Waals surface area contributed by atoms with E-state index in [0.29, 0.717) is 25.1 Å². The standard InChI is InChI=1S/C26H27N5O2/c1-30-10-12-31(13-11-30)22-8-4-3-7-21(22)28-26-27-15-20(19-16-32-17-19)25(29-26)24-14-18-6-2-5-9-23(18)33-24/h2-9,14-15,19H,10-13,16-17H2,1H3,(H,27,28,29). The average Bonchev–Trinajstić information content (AvgIpc) is 3.24. The molecular formula is C26H27N5O2. The number of anilines is 3. The molecule has 4 aromatic rings. The summed E-state index contributed by atoms with van der Waals surface area (Å²) in [6, 6.07) is 18.5. The molecule has 2 saturated heterocycles. The molecule has 168 valence electrons. The Balaban J connectivity index is 1.36.